The van der Waals surface area contributed by atoms with E-state index in [9.17, 15) is 5.11 Å². The molecule has 0 amide bonds. The second-order valence-corrected chi connectivity index (χ2v) is 6.87. The average Bonchev–Trinajstić information content (AvgIpc) is 2.61. The van der Waals surface area contributed by atoms with Crippen LogP contribution in [0.1, 0.15) is 24.0 Å². The van der Waals surface area contributed by atoms with Crippen molar-refractivity contribution in [3.05, 3.63) is 82.0 Å². The molecule has 2 N–H and O–H groups in total. The number of nitrogens with one attached hydrogen (secondary N) is 1. The van der Waals surface area contributed by atoms with Crippen LogP contribution in [0, 0.1) is 0 Å². The van der Waals surface area contributed by atoms with E-state index in [0.29, 0.717) is 11.4 Å². The monoisotopic (exact) mass is 357 g/mol. The predicted molar refractivity (Wildman–Crippen MR) is 104 cm³/mol. The molecule has 0 bridgehead atoms. The molecule has 4 heteroatoms. The van der Waals surface area contributed by atoms with Crippen molar-refractivity contribution in [1.82, 2.24) is 5.32 Å². The van der Waals surface area contributed by atoms with Gasteiger partial charge in [0.25, 0.3) is 0 Å². The van der Waals surface area contributed by atoms with E-state index in [2.05, 4.69) is 17.4 Å². The number of hydrogen-bond acceptors (Lipinski definition) is 3. The summed E-state index contributed by atoms with van der Waals surface area (Å²) in [5.41, 5.74) is 4.32. The largest absolute Gasteiger partial charge is 0.393 e. The molecular weight excluding hydrogens is 338 g/mol. The minimum atomic E-state index is -0.306. The number of thiocarbonyl (C=S) groups is 1. The van der Waals surface area contributed by atoms with Gasteiger partial charge >= 0.3 is 0 Å². The third-order valence-corrected chi connectivity index (χ3v) is 4.96. The molecule has 1 unspecified atom stereocenters. The second-order valence-electron chi connectivity index (χ2n) is 6.03. The Morgan fingerprint density at radius 3 is 2.50 bits per heavy atom. The van der Waals surface area contributed by atoms with E-state index in [1.807, 2.05) is 42.5 Å². The van der Waals surface area contributed by atoms with Crippen LogP contribution < -0.4 is 5.32 Å². The zero-order chi connectivity index (χ0) is 16.9. The van der Waals surface area contributed by atoms with Gasteiger partial charge in [-0.15, -0.1) is 0 Å². The minimum Gasteiger partial charge on any atom is -0.393 e. The summed E-state index contributed by atoms with van der Waals surface area (Å²) in [6, 6.07) is 17.9. The number of allylic oxidation sites excluding steroid dienone is 1. The summed E-state index contributed by atoms with van der Waals surface area (Å²) in [4.78, 5) is 0.812. The van der Waals surface area contributed by atoms with E-state index in [4.69, 9.17) is 23.8 Å². The first-order chi connectivity index (χ1) is 11.6. The van der Waals surface area contributed by atoms with Crippen molar-refractivity contribution in [1.29, 1.82) is 0 Å². The lowest BCUT2D eigenvalue weighted by Crippen LogP contribution is -2.31. The molecule has 2 aromatic rings. The Morgan fingerprint density at radius 2 is 1.83 bits per heavy atom. The van der Waals surface area contributed by atoms with E-state index in [1.165, 1.54) is 5.56 Å². The van der Waals surface area contributed by atoms with Gasteiger partial charge in [-0.3, -0.25) is 0 Å². The Hall–Kier alpha value is -1.68. The molecular formula is C20H20ClNOS. The van der Waals surface area contributed by atoms with Crippen molar-refractivity contribution in [3.8, 4) is 0 Å². The van der Waals surface area contributed by atoms with Crippen LogP contribution in [0.3, 0.4) is 0 Å². The highest BCUT2D eigenvalue weighted by Crippen LogP contribution is 2.24. The number of rotatable bonds is 4. The molecule has 0 spiro atoms. The summed E-state index contributed by atoms with van der Waals surface area (Å²) < 4.78 is 0. The van der Waals surface area contributed by atoms with E-state index < -0.39 is 0 Å². The van der Waals surface area contributed by atoms with Gasteiger partial charge in [0.2, 0.25) is 0 Å². The number of halogens is 1. The summed E-state index contributed by atoms with van der Waals surface area (Å²) >= 11 is 11.8. The first-order valence-corrected chi connectivity index (χ1v) is 8.90. The fourth-order valence-electron chi connectivity index (χ4n) is 2.93. The van der Waals surface area contributed by atoms with E-state index in [1.54, 1.807) is 0 Å². The Kier molecular flexibility index (Phi) is 5.67. The lowest BCUT2D eigenvalue weighted by atomic mass is 9.92. The summed E-state index contributed by atoms with van der Waals surface area (Å²) in [5, 5.41) is 14.2. The van der Waals surface area contributed by atoms with Crippen LogP contribution in [0.15, 0.2) is 65.9 Å². The van der Waals surface area contributed by atoms with Crippen LogP contribution in [0.5, 0.6) is 0 Å². The van der Waals surface area contributed by atoms with E-state index in [0.717, 1.165) is 41.1 Å². The molecule has 1 heterocycles. The number of piperidine rings is 1. The molecule has 1 aliphatic heterocycles. The van der Waals surface area contributed by atoms with E-state index >= 15 is 0 Å². The maximum atomic E-state index is 10.0. The normalized spacial score (nSPS) is 19.5. The number of aliphatic hydroxyl groups excluding tert-OH is 1. The van der Waals surface area contributed by atoms with Gasteiger partial charge in [-0.05, 0) is 35.3 Å². The highest BCUT2D eigenvalue weighted by molar-refractivity contribution is 7.81. The fourth-order valence-corrected chi connectivity index (χ4v) is 3.39. The van der Waals surface area contributed by atoms with Gasteiger partial charge in [0.1, 0.15) is 0 Å². The van der Waals surface area contributed by atoms with Crippen molar-refractivity contribution in [2.45, 2.75) is 25.4 Å². The van der Waals surface area contributed by atoms with Crippen molar-refractivity contribution >= 4 is 28.7 Å². The van der Waals surface area contributed by atoms with Gasteiger partial charge in [0.15, 0.2) is 0 Å². The molecule has 2 aromatic carbocycles. The topological polar surface area (TPSA) is 32.3 Å². The maximum absolute atomic E-state index is 10.0. The highest BCUT2D eigenvalue weighted by atomic mass is 35.5. The molecule has 0 saturated carbocycles. The summed E-state index contributed by atoms with van der Waals surface area (Å²) in [6.07, 6.45) is 1.84. The molecule has 1 fully saturated rings. The lowest BCUT2D eigenvalue weighted by molar-refractivity contribution is 0.150. The molecule has 0 radical (unpaired) electrons. The van der Waals surface area contributed by atoms with Crippen LogP contribution in [0.4, 0.5) is 0 Å². The third-order valence-electron chi connectivity index (χ3n) is 4.22. The Morgan fingerprint density at radius 1 is 1.12 bits per heavy atom. The van der Waals surface area contributed by atoms with Crippen molar-refractivity contribution in [3.63, 3.8) is 0 Å². The van der Waals surface area contributed by atoms with Crippen LogP contribution in [-0.4, -0.2) is 22.6 Å². The molecule has 1 aliphatic rings. The summed E-state index contributed by atoms with van der Waals surface area (Å²) in [5.74, 6) is 0. The summed E-state index contributed by atoms with van der Waals surface area (Å²) in [6.45, 7) is 0.776. The van der Waals surface area contributed by atoms with Crippen LogP contribution in [0.25, 0.3) is 0 Å². The molecule has 2 nitrogen and oxygen atoms in total. The second kappa shape index (κ2) is 7.93. The van der Waals surface area contributed by atoms with Crippen molar-refractivity contribution < 1.29 is 5.11 Å². The van der Waals surface area contributed by atoms with Crippen LogP contribution in [0.2, 0.25) is 5.02 Å². The Labute approximate surface area is 153 Å². The van der Waals surface area contributed by atoms with Gasteiger partial charge in [-0.25, -0.2) is 0 Å². The van der Waals surface area contributed by atoms with Gasteiger partial charge in [-0.1, -0.05) is 66.3 Å². The Balaban J connectivity index is 1.96. The molecule has 1 saturated heterocycles. The van der Waals surface area contributed by atoms with Crippen molar-refractivity contribution in [2.75, 3.05) is 6.54 Å². The number of benzene rings is 2. The zero-order valence-corrected chi connectivity index (χ0v) is 14.9. The third kappa shape index (κ3) is 4.23. The highest BCUT2D eigenvalue weighted by Gasteiger charge is 2.20. The van der Waals surface area contributed by atoms with Crippen LogP contribution in [-0.2, 0) is 6.42 Å². The summed E-state index contributed by atoms with van der Waals surface area (Å²) in [7, 11) is 0. The zero-order valence-electron chi connectivity index (χ0n) is 13.3. The fraction of sp³-hybridized carbons (Fsp3) is 0.250. The maximum Gasteiger partial charge on any atom is 0.0611 e. The smallest absolute Gasteiger partial charge is 0.0611 e. The molecule has 3 rings (SSSR count). The molecule has 0 aromatic heterocycles. The first-order valence-electron chi connectivity index (χ1n) is 8.11. The minimum absolute atomic E-state index is 0.306. The predicted octanol–water partition coefficient (Wildman–Crippen LogP) is 4.30. The average molecular weight is 358 g/mol. The quantitative estimate of drug-likeness (QED) is 0.486. The van der Waals surface area contributed by atoms with E-state index in [-0.39, 0.29) is 6.10 Å². The van der Waals surface area contributed by atoms with Crippen LogP contribution >= 0.6 is 23.8 Å². The first kappa shape index (κ1) is 17.2. The van der Waals surface area contributed by atoms with Gasteiger partial charge in [0.05, 0.1) is 11.0 Å². The molecule has 0 aliphatic carbocycles. The lowest BCUT2D eigenvalue weighted by Gasteiger charge is -2.26. The molecule has 1 atom stereocenters. The molecule has 24 heavy (non-hydrogen) atoms. The molecule has 124 valence electrons. The standard InChI is InChI=1S/C20H20ClNOS/c21-16-8-6-15(7-9-16)20(24)18(12-14-4-2-1-3-5-14)19-13-17(23)10-11-22-19/h1-9,17,22-23H,10-13H2. The Bertz CT molecular complexity index is 740. The number of aliphatic hydroxyl groups is 1. The van der Waals surface area contributed by atoms with Gasteiger partial charge in [0, 0.05) is 30.1 Å². The van der Waals surface area contributed by atoms with Gasteiger partial charge < -0.3 is 10.4 Å². The number of hydrogen-bond donors (Lipinski definition) is 2. The SMILES string of the molecule is OC1CCNC(=C(Cc2ccccc2)C(=S)c2ccc(Cl)cc2)C1. The van der Waals surface area contributed by atoms with Crippen molar-refractivity contribution in [2.24, 2.45) is 0 Å². The van der Waals surface area contributed by atoms with Gasteiger partial charge in [-0.2, -0.15) is 0 Å².